The highest BCUT2D eigenvalue weighted by atomic mass is 32.2. The Kier molecular flexibility index (Phi) is 6.77. The van der Waals surface area contributed by atoms with Gasteiger partial charge in [0.2, 0.25) is 0 Å². The molecule has 0 aliphatic carbocycles. The molecule has 1 aromatic heterocycles. The van der Waals surface area contributed by atoms with Gasteiger partial charge in [-0.3, -0.25) is 4.90 Å². The highest BCUT2D eigenvalue weighted by Crippen LogP contribution is 2.37. The molecule has 1 saturated heterocycles. The molecule has 6 heteroatoms. The zero-order valence-electron chi connectivity index (χ0n) is 21.2. The van der Waals surface area contributed by atoms with E-state index < -0.39 is 10.0 Å². The summed E-state index contributed by atoms with van der Waals surface area (Å²) in [6.45, 7) is 7.89. The summed E-state index contributed by atoms with van der Waals surface area (Å²) in [4.78, 5) is 2.78. The lowest BCUT2D eigenvalue weighted by Crippen LogP contribution is -2.37. The van der Waals surface area contributed by atoms with Crippen LogP contribution in [-0.2, 0) is 16.6 Å². The summed E-state index contributed by atoms with van der Waals surface area (Å²) in [6, 6.07) is 21.8. The van der Waals surface area contributed by atoms with Gasteiger partial charge in [-0.1, -0.05) is 54.1 Å². The molecule has 5 nitrogen and oxygen atoms in total. The molecule has 2 heterocycles. The minimum absolute atomic E-state index is 0.213. The van der Waals surface area contributed by atoms with Crippen molar-refractivity contribution in [1.82, 2.24) is 8.87 Å². The Bertz CT molecular complexity index is 1470. The van der Waals surface area contributed by atoms with Gasteiger partial charge in [0, 0.05) is 30.8 Å². The van der Waals surface area contributed by atoms with Crippen LogP contribution in [0.5, 0.6) is 0 Å². The van der Waals surface area contributed by atoms with Crippen LogP contribution in [0.25, 0.3) is 10.9 Å². The Labute approximate surface area is 214 Å². The maximum atomic E-state index is 13.6. The fourth-order valence-electron chi connectivity index (χ4n) is 5.64. The molecule has 2 unspecified atom stereocenters. The predicted octanol–water partition coefficient (Wildman–Crippen LogP) is 5.75. The lowest BCUT2D eigenvalue weighted by molar-refractivity contribution is 0.0750. The molecule has 1 fully saturated rings. The number of hydrogen-bond donors (Lipinski definition) is 1. The Hall–Kier alpha value is -2.93. The van der Waals surface area contributed by atoms with Gasteiger partial charge in [-0.25, -0.2) is 12.4 Å². The molecule has 188 valence electrons. The van der Waals surface area contributed by atoms with Crippen LogP contribution in [0.2, 0.25) is 0 Å². The summed E-state index contributed by atoms with van der Waals surface area (Å²) in [5.74, 6) is 0.298. The number of aromatic nitrogens is 1. The number of aliphatic hydroxyl groups is 1. The van der Waals surface area contributed by atoms with Crippen molar-refractivity contribution in [3.63, 3.8) is 0 Å². The molecule has 1 aliphatic rings. The number of nitrogens with zero attached hydrogens (tertiary/aromatic N) is 2. The van der Waals surface area contributed by atoms with Crippen molar-refractivity contribution in [3.8, 4) is 0 Å². The number of piperidine rings is 1. The van der Waals surface area contributed by atoms with Gasteiger partial charge in [0.05, 0.1) is 10.4 Å². The predicted molar refractivity (Wildman–Crippen MR) is 145 cm³/mol. The molecular weight excluding hydrogens is 468 g/mol. The van der Waals surface area contributed by atoms with E-state index in [1.54, 1.807) is 18.3 Å². The second-order valence-electron chi connectivity index (χ2n) is 10.2. The first-order chi connectivity index (χ1) is 17.3. The quantitative estimate of drug-likeness (QED) is 0.365. The van der Waals surface area contributed by atoms with Gasteiger partial charge in [-0.05, 0) is 86.5 Å². The minimum Gasteiger partial charge on any atom is -0.396 e. The third kappa shape index (κ3) is 4.49. The number of fused-ring (bicyclic) bond motifs is 1. The average Bonchev–Trinajstić information content (AvgIpc) is 3.34. The highest BCUT2D eigenvalue weighted by molar-refractivity contribution is 7.90. The van der Waals surface area contributed by atoms with Crippen molar-refractivity contribution in [2.75, 3.05) is 13.2 Å². The van der Waals surface area contributed by atoms with Crippen LogP contribution in [0.4, 0.5) is 0 Å². The van der Waals surface area contributed by atoms with Crippen molar-refractivity contribution in [2.45, 2.75) is 51.1 Å². The number of aryl methyl sites for hydroxylation is 3. The largest absolute Gasteiger partial charge is 0.396 e. The lowest BCUT2D eigenvalue weighted by Gasteiger charge is -2.40. The van der Waals surface area contributed by atoms with E-state index in [9.17, 15) is 13.5 Å². The zero-order chi connectivity index (χ0) is 25.4. The molecule has 5 rings (SSSR count). The topological polar surface area (TPSA) is 62.5 Å². The average molecular weight is 503 g/mol. The van der Waals surface area contributed by atoms with E-state index in [4.69, 9.17) is 0 Å². The summed E-state index contributed by atoms with van der Waals surface area (Å²) in [5, 5.41) is 10.8. The summed E-state index contributed by atoms with van der Waals surface area (Å²) < 4.78 is 28.6. The van der Waals surface area contributed by atoms with E-state index in [1.807, 2.05) is 38.1 Å². The third-order valence-corrected chi connectivity index (χ3v) is 9.35. The molecule has 0 spiro atoms. The van der Waals surface area contributed by atoms with Crippen LogP contribution in [0.1, 0.15) is 46.7 Å². The fraction of sp³-hybridized carbons (Fsp3) is 0.333. The monoisotopic (exact) mass is 502 g/mol. The number of rotatable bonds is 6. The van der Waals surface area contributed by atoms with Crippen LogP contribution in [0.15, 0.2) is 77.8 Å². The highest BCUT2D eigenvalue weighted by Gasteiger charge is 2.30. The Morgan fingerprint density at radius 2 is 1.67 bits per heavy atom. The van der Waals surface area contributed by atoms with Crippen molar-refractivity contribution < 1.29 is 13.5 Å². The molecule has 4 aromatic rings. The van der Waals surface area contributed by atoms with Gasteiger partial charge in [-0.2, -0.15) is 0 Å². The molecule has 0 bridgehead atoms. The molecular formula is C30H34N2O3S. The van der Waals surface area contributed by atoms with E-state index in [-0.39, 0.29) is 12.6 Å². The van der Waals surface area contributed by atoms with Crippen molar-refractivity contribution in [3.05, 3.63) is 101 Å². The van der Waals surface area contributed by atoms with E-state index >= 15 is 0 Å². The number of aliphatic hydroxyl groups excluding tert-OH is 1. The van der Waals surface area contributed by atoms with E-state index in [1.165, 1.54) is 15.1 Å². The second-order valence-corrected chi connectivity index (χ2v) is 12.0. The SMILES string of the molecule is Cc1ccc(S(=O)(=O)n2ccc3c(CN4CCC(CO)CC4c4ccccc4)c(C)cc(C)c32)cc1. The van der Waals surface area contributed by atoms with Crippen molar-refractivity contribution >= 4 is 20.9 Å². The van der Waals surface area contributed by atoms with Gasteiger partial charge < -0.3 is 5.11 Å². The van der Waals surface area contributed by atoms with Gasteiger partial charge in [0.1, 0.15) is 0 Å². The maximum absolute atomic E-state index is 13.6. The van der Waals surface area contributed by atoms with Gasteiger partial charge >= 0.3 is 0 Å². The standard InChI is InChI=1S/C30H34N2O3S/c1-21-9-11-26(12-10-21)36(34,35)32-16-14-27-28(22(2)17-23(3)30(27)32)19-31-15-13-24(20-33)18-29(31)25-7-5-4-6-8-25/h4-12,14,16-17,24,29,33H,13,15,18-20H2,1-3H3. The molecule has 1 N–H and O–H groups in total. The smallest absolute Gasteiger partial charge is 0.268 e. The van der Waals surface area contributed by atoms with Gasteiger partial charge in [0.15, 0.2) is 0 Å². The molecule has 0 saturated carbocycles. The van der Waals surface area contributed by atoms with Crippen LogP contribution >= 0.6 is 0 Å². The number of likely N-dealkylation sites (tertiary alicyclic amines) is 1. The zero-order valence-corrected chi connectivity index (χ0v) is 22.0. The van der Waals surface area contributed by atoms with Crippen LogP contribution in [-0.4, -0.2) is 35.5 Å². The second kappa shape index (κ2) is 9.85. The number of benzene rings is 3. The number of hydrogen-bond acceptors (Lipinski definition) is 4. The van der Waals surface area contributed by atoms with E-state index in [0.717, 1.165) is 53.5 Å². The minimum atomic E-state index is -3.71. The molecule has 0 radical (unpaired) electrons. The molecule has 2 atom stereocenters. The molecule has 0 amide bonds. The van der Waals surface area contributed by atoms with Gasteiger partial charge in [0.25, 0.3) is 10.0 Å². The van der Waals surface area contributed by atoms with Crippen molar-refractivity contribution in [1.29, 1.82) is 0 Å². The summed E-state index contributed by atoms with van der Waals surface area (Å²) in [6.07, 6.45) is 3.57. The summed E-state index contributed by atoms with van der Waals surface area (Å²) in [7, 11) is -3.71. The Balaban J connectivity index is 1.57. The lowest BCUT2D eigenvalue weighted by atomic mass is 9.87. The molecule has 36 heavy (non-hydrogen) atoms. The molecule has 1 aliphatic heterocycles. The fourth-order valence-corrected chi connectivity index (χ4v) is 7.05. The third-order valence-electron chi connectivity index (χ3n) is 7.66. The van der Waals surface area contributed by atoms with Crippen molar-refractivity contribution in [2.24, 2.45) is 5.92 Å². The maximum Gasteiger partial charge on any atom is 0.268 e. The van der Waals surface area contributed by atoms with E-state index in [0.29, 0.717) is 10.8 Å². The van der Waals surface area contributed by atoms with Crippen LogP contribution in [0.3, 0.4) is 0 Å². The normalized spacial score (nSPS) is 19.1. The molecule has 3 aromatic carbocycles. The first-order valence-electron chi connectivity index (χ1n) is 12.6. The summed E-state index contributed by atoms with van der Waals surface area (Å²) in [5.41, 5.74) is 6.32. The van der Waals surface area contributed by atoms with E-state index in [2.05, 4.69) is 42.2 Å². The Morgan fingerprint density at radius 3 is 2.36 bits per heavy atom. The van der Waals surface area contributed by atoms with Crippen LogP contribution in [0, 0.1) is 26.7 Å². The first kappa shape index (κ1) is 24.8. The van der Waals surface area contributed by atoms with Crippen LogP contribution < -0.4 is 0 Å². The Morgan fingerprint density at radius 1 is 0.944 bits per heavy atom. The summed E-state index contributed by atoms with van der Waals surface area (Å²) >= 11 is 0. The van der Waals surface area contributed by atoms with Gasteiger partial charge in [-0.15, -0.1) is 0 Å². The first-order valence-corrected chi connectivity index (χ1v) is 14.1.